The van der Waals surface area contributed by atoms with E-state index in [1.54, 1.807) is 12.1 Å². The molecule has 0 saturated heterocycles. The molecule has 0 amide bonds. The van der Waals surface area contributed by atoms with Crippen LogP contribution in [-0.4, -0.2) is 64.4 Å². The van der Waals surface area contributed by atoms with Crippen LogP contribution in [0.15, 0.2) is 23.6 Å². The highest BCUT2D eigenvalue weighted by Gasteiger charge is 2.51. The summed E-state index contributed by atoms with van der Waals surface area (Å²) in [5.74, 6) is 2.78. The van der Waals surface area contributed by atoms with Gasteiger partial charge in [-0.15, -0.1) is 11.3 Å². The van der Waals surface area contributed by atoms with Gasteiger partial charge in [0.2, 0.25) is 5.54 Å². The number of rotatable bonds is 18. The van der Waals surface area contributed by atoms with Crippen LogP contribution in [0.1, 0.15) is 65.0 Å². The maximum absolute atomic E-state index is 12.6. The fraction of sp³-hybridized carbons (Fsp3) is 0.680. The molecule has 2 aromatic heterocycles. The third-order valence-corrected chi connectivity index (χ3v) is 5.86. The summed E-state index contributed by atoms with van der Waals surface area (Å²) in [7, 11) is 0. The largest absolute Gasteiger partial charge is 0.388 e. The molecule has 1 unspecified atom stereocenters. The lowest BCUT2D eigenvalue weighted by atomic mass is 9.85. The first kappa shape index (κ1) is 28.7. The number of ether oxygens (including phenoxy) is 3. The van der Waals surface area contributed by atoms with Crippen molar-refractivity contribution in [3.63, 3.8) is 0 Å². The highest BCUT2D eigenvalue weighted by molar-refractivity contribution is 5.66. The molecule has 2 aromatic rings. The first-order chi connectivity index (χ1) is 17.0. The van der Waals surface area contributed by atoms with Gasteiger partial charge >= 0.3 is 0 Å². The van der Waals surface area contributed by atoms with E-state index in [9.17, 15) is 10.0 Å². The molecule has 10 nitrogen and oxygen atoms in total. The normalized spacial score (nSPS) is 15.9. The molecule has 0 fully saturated rings. The summed E-state index contributed by atoms with van der Waals surface area (Å²) in [5.41, 5.74) is 4.89. The number of anilines is 1. The molecule has 0 spiro atoms. The van der Waals surface area contributed by atoms with Gasteiger partial charge in [-0.25, -0.2) is 9.50 Å². The number of nitrogen functional groups attached to an aromatic ring is 1. The van der Waals surface area contributed by atoms with E-state index in [2.05, 4.69) is 28.1 Å². The first-order valence-electron chi connectivity index (χ1n) is 12.4. The van der Waals surface area contributed by atoms with E-state index in [0.29, 0.717) is 25.3 Å². The van der Waals surface area contributed by atoms with E-state index >= 15 is 0 Å². The number of hydrogen-bond acceptors (Lipinski definition) is 9. The van der Waals surface area contributed by atoms with Crippen LogP contribution in [0.25, 0.3) is 5.52 Å². The third-order valence-electron chi connectivity index (χ3n) is 5.86. The van der Waals surface area contributed by atoms with Gasteiger partial charge in [-0.05, 0) is 36.6 Å². The Kier molecular flexibility index (Phi) is 12.1. The van der Waals surface area contributed by atoms with E-state index in [0.717, 1.165) is 38.5 Å². The van der Waals surface area contributed by atoms with Gasteiger partial charge in [0.25, 0.3) is 0 Å². The van der Waals surface area contributed by atoms with Crippen molar-refractivity contribution in [3.05, 3.63) is 29.1 Å². The van der Waals surface area contributed by atoms with Crippen LogP contribution in [0.3, 0.4) is 0 Å². The zero-order chi connectivity index (χ0) is 25.7. The van der Waals surface area contributed by atoms with Crippen LogP contribution in [0.5, 0.6) is 0 Å². The second-order valence-electron chi connectivity index (χ2n) is 8.49. The Morgan fingerprint density at radius 3 is 2.43 bits per heavy atom. The molecule has 0 radical (unpaired) electrons. The molecule has 4 atom stereocenters. The number of terminal acetylenes is 1. The molecule has 0 aromatic carbocycles. The van der Waals surface area contributed by atoms with Crippen molar-refractivity contribution in [2.45, 2.75) is 83.1 Å². The first-order valence-corrected chi connectivity index (χ1v) is 12.4. The molecule has 35 heavy (non-hydrogen) atoms. The molecule has 0 aliphatic heterocycles. The van der Waals surface area contributed by atoms with E-state index in [4.69, 9.17) is 26.4 Å². The van der Waals surface area contributed by atoms with Crippen LogP contribution >= 0.6 is 0 Å². The average Bonchev–Trinajstić information content (AvgIpc) is 3.31. The molecule has 2 rings (SSSR count). The molecule has 0 bridgehead atoms. The van der Waals surface area contributed by atoms with Crippen molar-refractivity contribution in [3.8, 4) is 12.3 Å². The Balaban J connectivity index is 2.55. The Labute approximate surface area is 207 Å². The van der Waals surface area contributed by atoms with Crippen LogP contribution < -0.4 is 5.73 Å². The topological polar surface area (TPSA) is 134 Å². The zero-order valence-corrected chi connectivity index (χ0v) is 21.1. The quantitative estimate of drug-likeness (QED) is 0.185. The van der Waals surface area contributed by atoms with Crippen LogP contribution in [0.2, 0.25) is 0 Å². The number of aromatic nitrogens is 3. The lowest BCUT2D eigenvalue weighted by Crippen LogP contribution is -2.54. The molecule has 10 heteroatoms. The fourth-order valence-corrected chi connectivity index (χ4v) is 3.79. The van der Waals surface area contributed by atoms with Gasteiger partial charge in [0.1, 0.15) is 30.2 Å². The summed E-state index contributed by atoms with van der Waals surface area (Å²) >= 11 is 0. The van der Waals surface area contributed by atoms with Gasteiger partial charge in [-0.2, -0.15) is 5.10 Å². The highest BCUT2D eigenvalue weighted by Crippen LogP contribution is 2.36. The summed E-state index contributed by atoms with van der Waals surface area (Å²) in [6, 6.07) is 3.30. The fourth-order valence-electron chi connectivity index (χ4n) is 3.79. The predicted octanol–water partition coefficient (Wildman–Crippen LogP) is 3.45. The molecule has 3 N–H and O–H groups in total. The number of unbranched alkanes of at least 4 members (excludes halogenated alkanes) is 3. The van der Waals surface area contributed by atoms with Gasteiger partial charge in [0, 0.05) is 19.8 Å². The van der Waals surface area contributed by atoms with Gasteiger partial charge in [0.15, 0.2) is 5.82 Å². The van der Waals surface area contributed by atoms with E-state index in [-0.39, 0.29) is 18.1 Å². The summed E-state index contributed by atoms with van der Waals surface area (Å²) in [5, 5.41) is 18.8. The smallest absolute Gasteiger partial charge is 0.232 e. The monoisotopic (exact) mass is 489 g/mol. The van der Waals surface area contributed by atoms with E-state index in [1.807, 2.05) is 13.8 Å². The minimum Gasteiger partial charge on any atom is -0.388 e. The Morgan fingerprint density at radius 1 is 1.14 bits per heavy atom. The predicted molar refractivity (Wildman–Crippen MR) is 135 cm³/mol. The van der Waals surface area contributed by atoms with Crippen molar-refractivity contribution in [2.75, 3.05) is 32.2 Å². The lowest BCUT2D eigenvalue weighted by molar-refractivity contribution is -0.153. The number of nitrogens with zero attached hydrogens (tertiary/aromatic N) is 4. The van der Waals surface area contributed by atoms with Crippen molar-refractivity contribution in [1.82, 2.24) is 14.6 Å². The second-order valence-corrected chi connectivity index (χ2v) is 8.49. The Bertz CT molecular complexity index is 946. The van der Waals surface area contributed by atoms with E-state index in [1.165, 1.54) is 10.8 Å². The summed E-state index contributed by atoms with van der Waals surface area (Å²) in [6.45, 7) is 7.28. The Hall–Kier alpha value is -2.58. The van der Waals surface area contributed by atoms with Crippen LogP contribution in [0, 0.1) is 17.3 Å². The summed E-state index contributed by atoms with van der Waals surface area (Å²) in [6.07, 6.45) is 9.17. The van der Waals surface area contributed by atoms with Crippen LogP contribution in [-0.2, 0) is 19.7 Å². The molecule has 194 valence electrons. The maximum atomic E-state index is 12.6. The van der Waals surface area contributed by atoms with Gasteiger partial charge in [0.05, 0.1) is 12.3 Å². The summed E-state index contributed by atoms with van der Waals surface area (Å²) < 4.78 is 19.4. The molecule has 0 aliphatic carbocycles. The average molecular weight is 490 g/mol. The third kappa shape index (κ3) is 6.98. The molecule has 0 aliphatic rings. The van der Waals surface area contributed by atoms with Gasteiger partial charge in [-0.1, -0.05) is 46.0 Å². The molecular weight excluding hydrogens is 450 g/mol. The van der Waals surface area contributed by atoms with Crippen molar-refractivity contribution in [1.29, 1.82) is 0 Å². The molecule has 0 saturated carbocycles. The zero-order valence-electron chi connectivity index (χ0n) is 21.1. The van der Waals surface area contributed by atoms with Gasteiger partial charge in [-0.3, -0.25) is 0 Å². The van der Waals surface area contributed by atoms with Gasteiger partial charge < -0.3 is 25.1 Å². The summed E-state index contributed by atoms with van der Waals surface area (Å²) in [4.78, 5) is 16.6. The highest BCUT2D eigenvalue weighted by atomic mass is 16.6. The lowest BCUT2D eigenvalue weighted by Gasteiger charge is -2.37. The van der Waals surface area contributed by atoms with E-state index < -0.39 is 23.9 Å². The second kappa shape index (κ2) is 14.7. The molecular formula is C25H39N5O5. The number of nitroso groups, excluding NO2 is 1. The van der Waals surface area contributed by atoms with Crippen LogP contribution in [0.4, 0.5) is 5.82 Å². The van der Waals surface area contributed by atoms with Crippen molar-refractivity contribution in [2.24, 2.45) is 5.18 Å². The number of hydrogen-bond donors (Lipinski definition) is 2. The number of aliphatic hydroxyl groups is 1. The minimum absolute atomic E-state index is 0.00790. The van der Waals surface area contributed by atoms with Crippen molar-refractivity contribution < 1.29 is 19.3 Å². The standard InChI is InChI=1S/C25H39N5O5/c1-5-9-14-33-17-20(31)22(34-15-10-6-2)23(35-16-11-7-3)25(8-4,29-32)21-13-12-19-24(26)27-18-28-30(19)21/h4,12-13,18,20,22-23,31H,5-7,9-11,14-17H2,1-3H3,(H2,26,27,28)/t20-,22-,23-,25?/m1/s1. The van der Waals surface area contributed by atoms with Crippen molar-refractivity contribution >= 4 is 11.3 Å². The SMILES string of the molecule is C#CC(N=O)(c1ccc2c(N)ncnn12)[C@H](OCCCC)[C@H](OCCCC)[C@H](O)COCCCC. The number of fused-ring (bicyclic) bond motifs is 1. The minimum atomic E-state index is -1.86. The maximum Gasteiger partial charge on any atom is 0.232 e. The molecule has 2 heterocycles. The number of aliphatic hydroxyl groups excluding tert-OH is 1. The Morgan fingerprint density at radius 2 is 1.80 bits per heavy atom. The number of nitrogens with two attached hydrogens (primary N) is 1.